The average molecular weight is 387 g/mol. The number of nitrogens with zero attached hydrogens (tertiary/aromatic N) is 3. The lowest BCUT2D eigenvalue weighted by Gasteiger charge is -2.16. The predicted octanol–water partition coefficient (Wildman–Crippen LogP) is 2.76. The van der Waals surface area contributed by atoms with Gasteiger partial charge in [-0.15, -0.1) is 0 Å². The molecule has 4 rings (SSSR count). The number of aromatic nitrogens is 3. The summed E-state index contributed by atoms with van der Waals surface area (Å²) >= 11 is 5.89. The zero-order valence-electron chi connectivity index (χ0n) is 14.5. The second-order valence-electron chi connectivity index (χ2n) is 6.81. The Morgan fingerprint density at radius 2 is 2.26 bits per heavy atom. The largest absolute Gasteiger partial charge is 0.444 e. The lowest BCUT2D eigenvalue weighted by Crippen LogP contribution is -2.39. The van der Waals surface area contributed by atoms with Gasteiger partial charge in [0.15, 0.2) is 12.2 Å². The van der Waals surface area contributed by atoms with Crippen molar-refractivity contribution in [3.8, 4) is 11.3 Å². The number of oxazole rings is 1. The van der Waals surface area contributed by atoms with Crippen molar-refractivity contribution in [2.24, 2.45) is 5.92 Å². The lowest BCUT2D eigenvalue weighted by atomic mass is 10.1. The van der Waals surface area contributed by atoms with E-state index in [1.165, 1.54) is 6.39 Å². The van der Waals surface area contributed by atoms with Gasteiger partial charge in [0.25, 0.3) is 5.91 Å². The number of hydrogen-bond donors (Lipinski definition) is 2. The van der Waals surface area contributed by atoms with Crippen LogP contribution in [0.1, 0.15) is 23.2 Å². The number of nitrogens with one attached hydrogen (secondary N) is 1. The summed E-state index contributed by atoms with van der Waals surface area (Å²) in [6, 6.07) is 6.84. The molecule has 1 unspecified atom stereocenters. The van der Waals surface area contributed by atoms with E-state index >= 15 is 0 Å². The molecule has 1 aliphatic rings. The summed E-state index contributed by atoms with van der Waals surface area (Å²) in [5.74, 6) is 0.605. The first-order chi connectivity index (χ1) is 13.1. The SMILES string of the molecule is O=C(N[C@@H]1CC(Cn2cc(Cl)cn2)C[C@H]1O)c1cccc(-c2cnco2)c1. The highest BCUT2D eigenvalue weighted by molar-refractivity contribution is 6.30. The molecule has 27 heavy (non-hydrogen) atoms. The van der Waals surface area contributed by atoms with Gasteiger partial charge in [0, 0.05) is 23.9 Å². The third-order valence-electron chi connectivity index (χ3n) is 4.83. The van der Waals surface area contributed by atoms with Crippen molar-refractivity contribution in [3.63, 3.8) is 0 Å². The predicted molar refractivity (Wildman–Crippen MR) is 99.2 cm³/mol. The first-order valence-corrected chi connectivity index (χ1v) is 9.12. The third-order valence-corrected chi connectivity index (χ3v) is 5.03. The number of benzene rings is 1. The molecule has 2 heterocycles. The number of aliphatic hydroxyl groups excluding tert-OH is 1. The normalized spacial score (nSPS) is 22.1. The molecule has 0 radical (unpaired) electrons. The second kappa shape index (κ2) is 7.54. The first kappa shape index (κ1) is 17.8. The minimum absolute atomic E-state index is 0.219. The van der Waals surface area contributed by atoms with Crippen molar-refractivity contribution >= 4 is 17.5 Å². The fraction of sp³-hybridized carbons (Fsp3) is 0.316. The second-order valence-corrected chi connectivity index (χ2v) is 7.25. The first-order valence-electron chi connectivity index (χ1n) is 8.74. The third kappa shape index (κ3) is 4.04. The van der Waals surface area contributed by atoms with Crippen LogP contribution in [-0.2, 0) is 6.54 Å². The summed E-state index contributed by atoms with van der Waals surface area (Å²) in [6.45, 7) is 0.664. The number of carbonyl (C=O) groups is 1. The van der Waals surface area contributed by atoms with E-state index < -0.39 is 6.10 Å². The van der Waals surface area contributed by atoms with Gasteiger partial charge >= 0.3 is 0 Å². The number of aliphatic hydroxyl groups is 1. The molecule has 0 saturated heterocycles. The van der Waals surface area contributed by atoms with Gasteiger partial charge in [-0.3, -0.25) is 9.48 Å². The van der Waals surface area contributed by atoms with Crippen molar-refractivity contribution in [1.29, 1.82) is 0 Å². The molecule has 7 nitrogen and oxygen atoms in total. The van der Waals surface area contributed by atoms with E-state index in [1.807, 2.05) is 6.07 Å². The molecule has 0 spiro atoms. The summed E-state index contributed by atoms with van der Waals surface area (Å²) < 4.78 is 7.05. The van der Waals surface area contributed by atoms with Crippen LogP contribution in [-0.4, -0.2) is 37.9 Å². The Bertz CT molecular complexity index is 925. The highest BCUT2D eigenvalue weighted by Crippen LogP contribution is 2.28. The Labute approximate surface area is 161 Å². The van der Waals surface area contributed by atoms with Crippen molar-refractivity contribution in [1.82, 2.24) is 20.1 Å². The average Bonchev–Trinajstić information content (AvgIpc) is 3.39. The van der Waals surface area contributed by atoms with Crippen molar-refractivity contribution in [3.05, 3.63) is 59.8 Å². The fourth-order valence-electron chi connectivity index (χ4n) is 3.55. The molecule has 3 aromatic rings. The fourth-order valence-corrected chi connectivity index (χ4v) is 3.71. The van der Waals surface area contributed by atoms with Gasteiger partial charge in [-0.1, -0.05) is 23.7 Å². The summed E-state index contributed by atoms with van der Waals surface area (Å²) in [4.78, 5) is 16.5. The monoisotopic (exact) mass is 386 g/mol. The molecule has 140 valence electrons. The number of amides is 1. The van der Waals surface area contributed by atoms with E-state index in [-0.39, 0.29) is 17.9 Å². The topological polar surface area (TPSA) is 93.2 Å². The standard InChI is InChI=1S/C19H19ClN4O3/c20-15-7-22-24(10-15)9-12-4-16(17(25)5-12)23-19(26)14-3-1-2-13(6-14)18-8-21-11-27-18/h1-3,6-8,10-12,16-17,25H,4-5,9H2,(H,23,26)/t12?,16-,17-/m1/s1. The van der Waals surface area contributed by atoms with E-state index in [9.17, 15) is 9.90 Å². The van der Waals surface area contributed by atoms with Crippen LogP contribution in [0.25, 0.3) is 11.3 Å². The summed E-state index contributed by atoms with van der Waals surface area (Å²) in [5, 5.41) is 18.1. The number of rotatable bonds is 5. The van der Waals surface area contributed by atoms with Crippen LogP contribution in [0.2, 0.25) is 5.02 Å². The number of carbonyl (C=O) groups excluding carboxylic acids is 1. The van der Waals surface area contributed by atoms with Crippen LogP contribution in [0.3, 0.4) is 0 Å². The molecular formula is C19H19ClN4O3. The molecule has 1 aromatic carbocycles. The molecule has 2 N–H and O–H groups in total. The maximum Gasteiger partial charge on any atom is 0.251 e. The number of hydrogen-bond acceptors (Lipinski definition) is 5. The molecule has 0 aliphatic heterocycles. The molecule has 1 aliphatic carbocycles. The Hall–Kier alpha value is -2.64. The molecule has 3 atom stereocenters. The van der Waals surface area contributed by atoms with Crippen molar-refractivity contribution in [2.45, 2.75) is 31.5 Å². The van der Waals surface area contributed by atoms with Crippen molar-refractivity contribution < 1.29 is 14.3 Å². The highest BCUT2D eigenvalue weighted by Gasteiger charge is 2.34. The van der Waals surface area contributed by atoms with Crippen LogP contribution in [0, 0.1) is 5.92 Å². The van der Waals surface area contributed by atoms with Crippen LogP contribution < -0.4 is 5.32 Å². The van der Waals surface area contributed by atoms with Gasteiger partial charge in [-0.05, 0) is 30.9 Å². The Morgan fingerprint density at radius 3 is 3.00 bits per heavy atom. The molecule has 8 heteroatoms. The van der Waals surface area contributed by atoms with Gasteiger partial charge in [0.05, 0.1) is 29.6 Å². The van der Waals surface area contributed by atoms with E-state index in [0.717, 1.165) is 5.56 Å². The molecule has 1 saturated carbocycles. The minimum Gasteiger partial charge on any atom is -0.444 e. The minimum atomic E-state index is -0.581. The van der Waals surface area contributed by atoms with Gasteiger partial charge < -0.3 is 14.8 Å². The highest BCUT2D eigenvalue weighted by atomic mass is 35.5. The van der Waals surface area contributed by atoms with Crippen LogP contribution in [0.4, 0.5) is 0 Å². The molecule has 0 bridgehead atoms. The summed E-state index contributed by atoms with van der Waals surface area (Å²) in [7, 11) is 0. The Kier molecular flexibility index (Phi) is 4.96. The summed E-state index contributed by atoms with van der Waals surface area (Å²) in [6.07, 6.45) is 7.02. The van der Waals surface area contributed by atoms with E-state index in [2.05, 4.69) is 15.4 Å². The maximum absolute atomic E-state index is 12.6. The zero-order chi connectivity index (χ0) is 18.8. The molecular weight excluding hydrogens is 368 g/mol. The van der Waals surface area contributed by atoms with Crippen LogP contribution in [0.5, 0.6) is 0 Å². The van der Waals surface area contributed by atoms with Gasteiger partial charge in [-0.25, -0.2) is 4.98 Å². The van der Waals surface area contributed by atoms with E-state index in [1.54, 1.807) is 41.5 Å². The van der Waals surface area contributed by atoms with Gasteiger partial charge in [0.1, 0.15) is 0 Å². The maximum atomic E-state index is 12.6. The Balaban J connectivity index is 1.40. The number of halogens is 1. The van der Waals surface area contributed by atoms with Gasteiger partial charge in [0.2, 0.25) is 0 Å². The van der Waals surface area contributed by atoms with Crippen LogP contribution >= 0.6 is 11.6 Å². The van der Waals surface area contributed by atoms with Crippen molar-refractivity contribution in [2.75, 3.05) is 0 Å². The van der Waals surface area contributed by atoms with E-state index in [0.29, 0.717) is 35.7 Å². The lowest BCUT2D eigenvalue weighted by molar-refractivity contribution is 0.0873. The quantitative estimate of drug-likeness (QED) is 0.703. The molecule has 1 fully saturated rings. The molecule has 2 aromatic heterocycles. The zero-order valence-corrected chi connectivity index (χ0v) is 15.2. The smallest absolute Gasteiger partial charge is 0.251 e. The summed E-state index contributed by atoms with van der Waals surface area (Å²) in [5.41, 5.74) is 1.29. The Morgan fingerprint density at radius 1 is 1.37 bits per heavy atom. The molecule has 1 amide bonds. The van der Waals surface area contributed by atoms with Crippen LogP contribution in [0.15, 0.2) is 53.7 Å². The van der Waals surface area contributed by atoms with E-state index in [4.69, 9.17) is 16.0 Å². The van der Waals surface area contributed by atoms with Gasteiger partial charge in [-0.2, -0.15) is 5.10 Å².